The second-order valence-electron chi connectivity index (χ2n) is 7.13. The van der Waals surface area contributed by atoms with Gasteiger partial charge in [0.1, 0.15) is 0 Å². The minimum absolute atomic E-state index is 0.0259. The number of likely N-dealkylation sites (tertiary alicyclic amines) is 1. The molecule has 4 rings (SSSR count). The lowest BCUT2D eigenvalue weighted by molar-refractivity contribution is 0.0653. The topological polar surface area (TPSA) is 91.5 Å². The van der Waals surface area contributed by atoms with Gasteiger partial charge in [-0.25, -0.2) is 4.79 Å². The maximum atomic E-state index is 12.4. The van der Waals surface area contributed by atoms with E-state index in [2.05, 4.69) is 45.8 Å². The van der Waals surface area contributed by atoms with Crippen LogP contribution < -0.4 is 5.32 Å². The zero-order chi connectivity index (χ0) is 19.5. The zero-order valence-corrected chi connectivity index (χ0v) is 15.8. The molecule has 7 heteroatoms. The van der Waals surface area contributed by atoms with Gasteiger partial charge in [0.25, 0.3) is 0 Å². The van der Waals surface area contributed by atoms with Crippen LogP contribution in [-0.2, 0) is 13.0 Å². The Morgan fingerprint density at radius 2 is 2.11 bits per heavy atom. The molecule has 3 aromatic rings. The summed E-state index contributed by atoms with van der Waals surface area (Å²) in [5, 5.41) is 19.6. The molecule has 1 fully saturated rings. The summed E-state index contributed by atoms with van der Waals surface area (Å²) in [6, 6.07) is 14.3. The number of aliphatic hydroxyl groups is 1. The first-order valence-corrected chi connectivity index (χ1v) is 9.65. The number of amides is 2. The van der Waals surface area contributed by atoms with Gasteiger partial charge in [-0.3, -0.25) is 0 Å². The second kappa shape index (κ2) is 7.98. The Kier molecular flexibility index (Phi) is 5.25. The third-order valence-corrected chi connectivity index (χ3v) is 5.28. The molecular weight excluding hydrogens is 356 g/mol. The fourth-order valence-electron chi connectivity index (χ4n) is 3.72. The highest BCUT2D eigenvalue weighted by atomic mass is 16.5. The molecule has 0 aliphatic carbocycles. The Balaban J connectivity index is 1.36. The molecule has 0 saturated carbocycles. The number of carbonyl (C=O) groups is 1. The second-order valence-corrected chi connectivity index (χ2v) is 7.13. The van der Waals surface area contributed by atoms with Gasteiger partial charge in [-0.1, -0.05) is 54.5 Å². The van der Waals surface area contributed by atoms with Gasteiger partial charge in [0.2, 0.25) is 5.89 Å². The fourth-order valence-corrected chi connectivity index (χ4v) is 3.72. The molecule has 2 heterocycles. The summed E-state index contributed by atoms with van der Waals surface area (Å²) in [7, 11) is 0. The van der Waals surface area contributed by atoms with Crippen LogP contribution in [0.25, 0.3) is 10.8 Å². The number of carbonyl (C=O) groups excluding carboxylic acids is 1. The lowest BCUT2D eigenvalue weighted by Crippen LogP contribution is -2.49. The van der Waals surface area contributed by atoms with Crippen molar-refractivity contribution >= 4 is 16.8 Å². The highest BCUT2D eigenvalue weighted by molar-refractivity contribution is 5.83. The molecule has 1 aliphatic rings. The fraction of sp³-hybridized carbons (Fsp3) is 0.381. The van der Waals surface area contributed by atoms with E-state index in [1.807, 2.05) is 19.1 Å². The van der Waals surface area contributed by atoms with Crippen molar-refractivity contribution in [3.63, 3.8) is 0 Å². The molecule has 0 radical (unpaired) electrons. The van der Waals surface area contributed by atoms with E-state index in [0.717, 1.165) is 12.0 Å². The first-order chi connectivity index (χ1) is 13.6. The summed E-state index contributed by atoms with van der Waals surface area (Å²) >= 11 is 0. The van der Waals surface area contributed by atoms with Crippen molar-refractivity contribution in [1.82, 2.24) is 20.4 Å². The van der Waals surface area contributed by atoms with Crippen molar-refractivity contribution in [3.05, 3.63) is 59.7 Å². The van der Waals surface area contributed by atoms with Crippen LogP contribution in [0.2, 0.25) is 0 Å². The van der Waals surface area contributed by atoms with Crippen LogP contribution in [-0.4, -0.2) is 45.4 Å². The summed E-state index contributed by atoms with van der Waals surface area (Å²) in [4.78, 5) is 18.2. The third-order valence-electron chi connectivity index (χ3n) is 5.28. The van der Waals surface area contributed by atoms with Crippen LogP contribution in [0.15, 0.2) is 47.0 Å². The first-order valence-electron chi connectivity index (χ1n) is 9.65. The number of hydrogen-bond donors (Lipinski definition) is 2. The van der Waals surface area contributed by atoms with Crippen LogP contribution in [0.5, 0.6) is 0 Å². The Morgan fingerprint density at radius 1 is 1.29 bits per heavy atom. The molecule has 1 saturated heterocycles. The Labute approximate surface area is 163 Å². The van der Waals surface area contributed by atoms with E-state index in [1.165, 1.54) is 10.8 Å². The van der Waals surface area contributed by atoms with Crippen molar-refractivity contribution in [2.45, 2.75) is 38.3 Å². The number of fused-ring (bicyclic) bond motifs is 1. The maximum absolute atomic E-state index is 12.4. The number of rotatable bonds is 4. The SMILES string of the molecule is CCc1nc(CNC(=O)N2CCC(c3ccc4ccccc4c3)C(O)C2)no1. The van der Waals surface area contributed by atoms with Gasteiger partial charge in [0, 0.05) is 25.4 Å². The molecule has 1 aromatic heterocycles. The number of urea groups is 1. The molecule has 2 amide bonds. The Hall–Kier alpha value is -2.93. The van der Waals surface area contributed by atoms with E-state index in [-0.39, 0.29) is 18.5 Å². The van der Waals surface area contributed by atoms with Crippen LogP contribution in [0.1, 0.15) is 36.5 Å². The van der Waals surface area contributed by atoms with E-state index in [4.69, 9.17) is 4.52 Å². The van der Waals surface area contributed by atoms with Gasteiger partial charge in [0.15, 0.2) is 5.82 Å². The Morgan fingerprint density at radius 3 is 2.86 bits per heavy atom. The molecule has 146 valence electrons. The van der Waals surface area contributed by atoms with Gasteiger partial charge in [-0.2, -0.15) is 4.98 Å². The van der Waals surface area contributed by atoms with Gasteiger partial charge >= 0.3 is 6.03 Å². The van der Waals surface area contributed by atoms with E-state index in [0.29, 0.717) is 31.2 Å². The molecule has 2 atom stereocenters. The van der Waals surface area contributed by atoms with Gasteiger partial charge in [-0.15, -0.1) is 0 Å². The summed E-state index contributed by atoms with van der Waals surface area (Å²) in [6.07, 6.45) is 0.780. The number of nitrogens with one attached hydrogen (secondary N) is 1. The van der Waals surface area contributed by atoms with E-state index in [1.54, 1.807) is 4.90 Å². The summed E-state index contributed by atoms with van der Waals surface area (Å²) in [6.45, 7) is 3.03. The largest absolute Gasteiger partial charge is 0.391 e. The molecule has 0 spiro atoms. The minimum atomic E-state index is -0.600. The average Bonchev–Trinajstić information content (AvgIpc) is 3.19. The number of piperidine rings is 1. The quantitative estimate of drug-likeness (QED) is 0.726. The van der Waals surface area contributed by atoms with Crippen molar-refractivity contribution in [2.75, 3.05) is 13.1 Å². The highest BCUT2D eigenvalue weighted by Crippen LogP contribution is 2.30. The molecule has 2 N–H and O–H groups in total. The number of nitrogens with zero attached hydrogens (tertiary/aromatic N) is 3. The minimum Gasteiger partial charge on any atom is -0.391 e. The zero-order valence-electron chi connectivity index (χ0n) is 15.8. The predicted molar refractivity (Wildman–Crippen MR) is 105 cm³/mol. The predicted octanol–water partition coefficient (Wildman–Crippen LogP) is 2.85. The number of aromatic nitrogens is 2. The number of hydrogen-bond acceptors (Lipinski definition) is 5. The van der Waals surface area contributed by atoms with Gasteiger partial charge < -0.3 is 19.8 Å². The standard InChI is InChI=1S/C21H24N4O3/c1-2-20-23-19(24-28-20)12-22-21(27)25-10-9-17(18(26)13-25)16-8-7-14-5-3-4-6-15(14)11-16/h3-8,11,17-18,26H,2,9-10,12-13H2,1H3,(H,22,27). The molecule has 7 nitrogen and oxygen atoms in total. The highest BCUT2D eigenvalue weighted by Gasteiger charge is 2.31. The molecular formula is C21H24N4O3. The first kappa shape index (κ1) is 18.4. The van der Waals surface area contributed by atoms with Crippen molar-refractivity contribution in [1.29, 1.82) is 0 Å². The number of β-amino-alcohol motifs (C(OH)–C–C–N with tert-alkyl or cyclic N) is 1. The lowest BCUT2D eigenvalue weighted by Gasteiger charge is -2.36. The van der Waals surface area contributed by atoms with Crippen LogP contribution >= 0.6 is 0 Å². The van der Waals surface area contributed by atoms with E-state index < -0.39 is 6.10 Å². The third kappa shape index (κ3) is 3.84. The normalized spacial score (nSPS) is 19.7. The van der Waals surface area contributed by atoms with E-state index >= 15 is 0 Å². The summed E-state index contributed by atoms with van der Waals surface area (Å²) < 4.78 is 5.04. The molecule has 0 bridgehead atoms. The molecule has 1 aliphatic heterocycles. The Bertz CT molecular complexity index is 971. The summed E-state index contributed by atoms with van der Waals surface area (Å²) in [5.74, 6) is 1.03. The van der Waals surface area contributed by atoms with Crippen molar-refractivity contribution in [3.8, 4) is 0 Å². The molecule has 2 aromatic carbocycles. The van der Waals surface area contributed by atoms with Crippen molar-refractivity contribution in [2.24, 2.45) is 0 Å². The van der Waals surface area contributed by atoms with Crippen molar-refractivity contribution < 1.29 is 14.4 Å². The molecule has 2 unspecified atom stereocenters. The van der Waals surface area contributed by atoms with Crippen LogP contribution in [0, 0.1) is 0 Å². The maximum Gasteiger partial charge on any atom is 0.317 e. The lowest BCUT2D eigenvalue weighted by atomic mass is 9.86. The van der Waals surface area contributed by atoms with Crippen LogP contribution in [0.3, 0.4) is 0 Å². The monoisotopic (exact) mass is 380 g/mol. The average molecular weight is 380 g/mol. The van der Waals surface area contributed by atoms with Crippen LogP contribution in [0.4, 0.5) is 4.79 Å². The summed E-state index contributed by atoms with van der Waals surface area (Å²) in [5.41, 5.74) is 1.12. The number of benzene rings is 2. The van der Waals surface area contributed by atoms with Gasteiger partial charge in [0.05, 0.1) is 12.6 Å². The van der Waals surface area contributed by atoms with E-state index in [9.17, 15) is 9.90 Å². The number of aliphatic hydroxyl groups excluding tert-OH is 1. The van der Waals surface area contributed by atoms with Gasteiger partial charge in [-0.05, 0) is 22.8 Å². The smallest absolute Gasteiger partial charge is 0.317 e. The molecule has 28 heavy (non-hydrogen) atoms. The number of aryl methyl sites for hydroxylation is 1.